The molecule has 1 heterocycles. The highest BCUT2D eigenvalue weighted by Crippen LogP contribution is 2.47. The van der Waals surface area contributed by atoms with Crippen molar-refractivity contribution >= 4 is 40.3 Å². The summed E-state index contributed by atoms with van der Waals surface area (Å²) >= 11 is 0. The molecule has 1 aliphatic heterocycles. The van der Waals surface area contributed by atoms with Crippen molar-refractivity contribution in [3.63, 3.8) is 0 Å². The average Bonchev–Trinajstić information content (AvgIpc) is 2.91. The molecule has 0 N–H and O–H groups in total. The molecule has 0 amide bonds. The number of ether oxygens (including phenoxy) is 4. The van der Waals surface area contributed by atoms with Crippen LogP contribution in [0.2, 0.25) is 36.3 Å². The predicted octanol–water partition coefficient (Wildman–Crippen LogP) is 6.17. The van der Waals surface area contributed by atoms with E-state index in [4.69, 9.17) is 27.8 Å². The second-order valence-corrected chi connectivity index (χ2v) is 23.3. The summed E-state index contributed by atoms with van der Waals surface area (Å²) in [6.07, 6.45) is -6.41. The molecule has 5 atom stereocenters. The number of carbonyl (C=O) groups is 4. The third kappa shape index (κ3) is 9.94. The van der Waals surface area contributed by atoms with Gasteiger partial charge in [0.05, 0.1) is 18.9 Å². The second kappa shape index (κ2) is 15.6. The molecule has 0 radical (unpaired) electrons. The van der Waals surface area contributed by atoms with E-state index in [9.17, 15) is 19.2 Å². The molecule has 1 fully saturated rings. The van der Waals surface area contributed by atoms with Gasteiger partial charge in [-0.3, -0.25) is 9.59 Å². The molecule has 250 valence electrons. The lowest BCUT2D eigenvalue weighted by atomic mass is 9.95. The monoisotopic (exact) mass is 646 g/mol. The van der Waals surface area contributed by atoms with Gasteiger partial charge in [0, 0.05) is 6.42 Å². The molecule has 0 aromatic rings. The van der Waals surface area contributed by atoms with Gasteiger partial charge in [0.2, 0.25) is 0 Å². The Morgan fingerprint density at radius 2 is 1.35 bits per heavy atom. The third-order valence-electron chi connectivity index (χ3n) is 9.46. The van der Waals surface area contributed by atoms with Gasteiger partial charge in [-0.15, -0.1) is 0 Å². The summed E-state index contributed by atoms with van der Waals surface area (Å²) in [4.78, 5) is 51.3. The van der Waals surface area contributed by atoms with Crippen LogP contribution in [0.15, 0.2) is 0 Å². The maximum atomic E-state index is 13.4. The van der Waals surface area contributed by atoms with Gasteiger partial charge in [-0.05, 0) is 69.9 Å². The van der Waals surface area contributed by atoms with Gasteiger partial charge in [0.15, 0.2) is 41.2 Å². The van der Waals surface area contributed by atoms with Crippen LogP contribution in [-0.4, -0.2) is 78.1 Å². The standard InChI is InChI=1S/C31H58O10Si2/c1-15-43(16-2,17-3)40-26-24(39-29(35)30(7,8)9)23(37-22(33)19-18-21(6)32)25(27(34)36-12)38-28(26)41-42(13,14)31(10,11)20(4)5/h20,23-26,28H,15-19H2,1-14H3/t23-,24-,25+,26+,28+/m0/s1. The molecule has 43 heavy (non-hydrogen) atoms. The van der Waals surface area contributed by atoms with E-state index < -0.39 is 70.7 Å². The van der Waals surface area contributed by atoms with E-state index in [0.717, 1.165) is 18.1 Å². The first kappa shape index (κ1) is 39.4. The maximum absolute atomic E-state index is 13.4. The van der Waals surface area contributed by atoms with Crippen molar-refractivity contribution in [1.29, 1.82) is 0 Å². The summed E-state index contributed by atoms with van der Waals surface area (Å²) in [5.41, 5.74) is -0.911. The predicted molar refractivity (Wildman–Crippen MR) is 169 cm³/mol. The average molecular weight is 647 g/mol. The van der Waals surface area contributed by atoms with E-state index in [2.05, 4.69) is 61.6 Å². The maximum Gasteiger partial charge on any atom is 0.339 e. The molecule has 12 heteroatoms. The fraction of sp³-hybridized carbons (Fsp3) is 0.871. The van der Waals surface area contributed by atoms with Crippen LogP contribution in [-0.2, 0) is 47.0 Å². The summed E-state index contributed by atoms with van der Waals surface area (Å²) in [6.45, 7) is 25.5. The van der Waals surface area contributed by atoms with Crippen LogP contribution in [0.5, 0.6) is 0 Å². The minimum Gasteiger partial charge on any atom is -0.467 e. The Hall–Kier alpha value is -1.61. The van der Waals surface area contributed by atoms with Gasteiger partial charge >= 0.3 is 17.9 Å². The van der Waals surface area contributed by atoms with Gasteiger partial charge in [-0.2, -0.15) is 0 Å². The topological polar surface area (TPSA) is 124 Å². The van der Waals surface area contributed by atoms with E-state index in [1.807, 2.05) is 0 Å². The van der Waals surface area contributed by atoms with Gasteiger partial charge in [0.25, 0.3) is 0 Å². The molecule has 1 rings (SSSR count). The van der Waals surface area contributed by atoms with Gasteiger partial charge in [-0.25, -0.2) is 4.79 Å². The largest absolute Gasteiger partial charge is 0.467 e. The molecule has 1 saturated heterocycles. The normalized spacial score (nSPS) is 23.6. The van der Waals surface area contributed by atoms with Gasteiger partial charge < -0.3 is 32.6 Å². The molecule has 1 aliphatic rings. The zero-order valence-electron chi connectivity index (χ0n) is 29.1. The van der Waals surface area contributed by atoms with Crippen LogP contribution in [0.1, 0.15) is 89.0 Å². The number of methoxy groups -OCH3 is 1. The van der Waals surface area contributed by atoms with Crippen molar-refractivity contribution in [2.45, 2.75) is 156 Å². The number of rotatable bonds is 15. The lowest BCUT2D eigenvalue weighted by Gasteiger charge is -2.51. The van der Waals surface area contributed by atoms with Crippen molar-refractivity contribution < 1.29 is 47.0 Å². The summed E-state index contributed by atoms with van der Waals surface area (Å²) in [7, 11) is -3.83. The molecule has 0 aromatic carbocycles. The lowest BCUT2D eigenvalue weighted by molar-refractivity contribution is -0.280. The van der Waals surface area contributed by atoms with Gasteiger partial charge in [0.1, 0.15) is 11.9 Å². The molecule has 0 unspecified atom stereocenters. The Morgan fingerprint density at radius 3 is 1.77 bits per heavy atom. The highest BCUT2D eigenvalue weighted by molar-refractivity contribution is 6.74. The fourth-order valence-electron chi connectivity index (χ4n) is 4.82. The van der Waals surface area contributed by atoms with E-state index in [0.29, 0.717) is 0 Å². The Bertz CT molecular complexity index is 960. The van der Waals surface area contributed by atoms with Crippen LogP contribution >= 0.6 is 0 Å². The quantitative estimate of drug-likeness (QED) is 0.116. The SMILES string of the molecule is CC[Si](CC)(CC)O[C@H]1[C@@H](O[Si](C)(C)C(C)(C)C(C)C)O[C@@H](C(=O)OC)[C@@H](OC(=O)CCC(C)=O)[C@@H]1OC(=O)C(C)(C)C. The number of Topliss-reactive ketones (excluding diaryl/α,β-unsaturated/α-hetero) is 1. The molecule has 0 aliphatic carbocycles. The molecule has 0 spiro atoms. The van der Waals surface area contributed by atoms with E-state index in [1.54, 1.807) is 20.8 Å². The van der Waals surface area contributed by atoms with Crippen molar-refractivity contribution in [1.82, 2.24) is 0 Å². The highest BCUT2D eigenvalue weighted by atomic mass is 28.4. The van der Waals surface area contributed by atoms with E-state index in [-0.39, 0.29) is 29.6 Å². The number of esters is 3. The van der Waals surface area contributed by atoms with Crippen LogP contribution in [0, 0.1) is 11.3 Å². The molecule has 0 saturated carbocycles. The van der Waals surface area contributed by atoms with E-state index in [1.165, 1.54) is 14.0 Å². The molecule has 0 bridgehead atoms. The first-order valence-electron chi connectivity index (χ1n) is 15.6. The van der Waals surface area contributed by atoms with Crippen LogP contribution in [0.3, 0.4) is 0 Å². The van der Waals surface area contributed by atoms with Crippen LogP contribution in [0.25, 0.3) is 0 Å². The summed E-state index contributed by atoms with van der Waals surface area (Å²) < 4.78 is 37.3. The van der Waals surface area contributed by atoms with Crippen LogP contribution in [0.4, 0.5) is 0 Å². The number of ketones is 1. The fourth-order valence-corrected chi connectivity index (χ4v) is 10.1. The van der Waals surface area contributed by atoms with E-state index >= 15 is 0 Å². The first-order valence-corrected chi connectivity index (χ1v) is 21.1. The van der Waals surface area contributed by atoms with Crippen LogP contribution < -0.4 is 0 Å². The third-order valence-corrected chi connectivity index (χ3v) is 18.6. The molecular weight excluding hydrogens is 589 g/mol. The van der Waals surface area contributed by atoms with Gasteiger partial charge in [-0.1, -0.05) is 48.5 Å². The Kier molecular flexibility index (Phi) is 14.3. The molecule has 0 aromatic heterocycles. The van der Waals surface area contributed by atoms with Crippen molar-refractivity contribution in [3.8, 4) is 0 Å². The zero-order valence-corrected chi connectivity index (χ0v) is 31.1. The van der Waals surface area contributed by atoms with Crippen molar-refractivity contribution in [2.24, 2.45) is 11.3 Å². The number of hydrogen-bond acceptors (Lipinski definition) is 10. The summed E-state index contributed by atoms with van der Waals surface area (Å²) in [6, 6.07) is 2.35. The zero-order chi connectivity index (χ0) is 33.6. The smallest absolute Gasteiger partial charge is 0.339 e. The minimum atomic E-state index is -2.62. The van der Waals surface area contributed by atoms with Crippen molar-refractivity contribution in [2.75, 3.05) is 7.11 Å². The minimum absolute atomic E-state index is 0.0327. The van der Waals surface area contributed by atoms with Crippen molar-refractivity contribution in [3.05, 3.63) is 0 Å². The number of hydrogen-bond donors (Lipinski definition) is 0. The second-order valence-electron chi connectivity index (χ2n) is 14.1. The Balaban J connectivity index is 3.91. The summed E-state index contributed by atoms with van der Waals surface area (Å²) in [5, 5.41) is -0.218. The Labute approximate surface area is 261 Å². The Morgan fingerprint density at radius 1 is 0.814 bits per heavy atom. The molecule has 10 nitrogen and oxygen atoms in total. The number of carbonyl (C=O) groups excluding carboxylic acids is 4. The highest BCUT2D eigenvalue weighted by Gasteiger charge is 2.58. The first-order chi connectivity index (χ1) is 19.6. The molecular formula is C31H58O10Si2. The lowest BCUT2D eigenvalue weighted by Crippen LogP contribution is -2.67. The summed E-state index contributed by atoms with van der Waals surface area (Å²) in [5.74, 6) is -2.00.